The third-order valence-corrected chi connectivity index (χ3v) is 99.2. The van der Waals surface area contributed by atoms with Crippen LogP contribution in [0, 0.1) is 0 Å². The molecule has 0 atom stereocenters. The van der Waals surface area contributed by atoms with Gasteiger partial charge in [-0.3, -0.25) is 7.83 Å². The van der Waals surface area contributed by atoms with Gasteiger partial charge in [0.1, 0.15) is 0 Å². The van der Waals surface area contributed by atoms with Gasteiger partial charge in [0.15, 0.2) is 0 Å². The molecule has 5 heteroatoms. The minimum absolute atomic E-state index is 0.306. The molecule has 0 heterocycles. The Labute approximate surface area is 115 Å². The molecule has 0 bridgehead atoms. The summed E-state index contributed by atoms with van der Waals surface area (Å²) >= 11 is 0. The second kappa shape index (κ2) is 4.65. The van der Waals surface area contributed by atoms with Crippen LogP contribution in [-0.4, -0.2) is 28.9 Å². The molecule has 17 heavy (non-hydrogen) atoms. The molecule has 0 amide bonds. The van der Waals surface area contributed by atoms with Gasteiger partial charge in [0, 0.05) is 0 Å². The first-order valence-electron chi connectivity index (χ1n) is 6.82. The summed E-state index contributed by atoms with van der Waals surface area (Å²) in [5.41, 5.74) is 0. The zero-order chi connectivity index (χ0) is 14.5. The summed E-state index contributed by atoms with van der Waals surface area (Å²) in [6.45, 7) is 32.3. The van der Waals surface area contributed by atoms with Crippen molar-refractivity contribution < 1.29 is 0 Å². The molecule has 106 valence electrons. The summed E-state index contributed by atoms with van der Waals surface area (Å²) in [5.74, 6) is 0. The molecule has 0 spiro atoms. The third-order valence-electron chi connectivity index (χ3n) is 3.67. The van der Waals surface area contributed by atoms with E-state index in [0.717, 1.165) is 0 Å². The lowest BCUT2D eigenvalue weighted by Crippen LogP contribution is -2.64. The van der Waals surface area contributed by atoms with Gasteiger partial charge < -0.3 is 0 Å². The van der Waals surface area contributed by atoms with Crippen LogP contribution in [0.5, 0.6) is 0 Å². The van der Waals surface area contributed by atoms with Crippen LogP contribution in [0.4, 0.5) is 0 Å². The van der Waals surface area contributed by atoms with Crippen molar-refractivity contribution in [2.24, 2.45) is 0 Å². The fraction of sp³-hybridized carbons (Fsp3) is 1.00. The summed E-state index contributed by atoms with van der Waals surface area (Å²) in [4.78, 5) is 0. The largest absolute Gasteiger partial charge is 0.292 e. The molecule has 0 saturated carbocycles. The zero-order valence-electron chi connectivity index (χ0n) is 14.4. The Bertz CT molecular complexity index is 211. The average molecular weight is 325 g/mol. The van der Waals surface area contributed by atoms with Crippen LogP contribution < -0.4 is 0 Å². The van der Waals surface area contributed by atoms with Crippen molar-refractivity contribution in [2.45, 2.75) is 78.6 Å². The maximum Gasteiger partial charge on any atom is 0.0758 e. The van der Waals surface area contributed by atoms with Crippen molar-refractivity contribution in [1.29, 1.82) is 0 Å². The highest BCUT2D eigenvalue weighted by atomic mass is 32.9. The molecule has 0 fully saturated rings. The molecular weight excluding hydrogens is 289 g/mol. The standard InChI is InChI=1S/C12H36SSi4/c1-14(2,3)13(15(4,5)6,16(7,8)9)17(10,11)12/h1-12H3. The van der Waals surface area contributed by atoms with Crippen molar-refractivity contribution in [3.8, 4) is 0 Å². The maximum atomic E-state index is 2.69. The Kier molecular flexibility index (Phi) is 4.98. The molecule has 0 radical (unpaired) electrons. The van der Waals surface area contributed by atoms with Gasteiger partial charge in [-0.2, -0.15) is 0 Å². The summed E-state index contributed by atoms with van der Waals surface area (Å²) < 4.78 is 0. The van der Waals surface area contributed by atoms with E-state index in [4.69, 9.17) is 0 Å². The Morgan fingerprint density at radius 1 is 0.353 bits per heavy atom. The molecule has 0 aliphatic rings. The van der Waals surface area contributed by atoms with Gasteiger partial charge in [-0.15, -0.1) is 0 Å². The van der Waals surface area contributed by atoms with Crippen molar-refractivity contribution in [2.75, 3.05) is 0 Å². The van der Waals surface area contributed by atoms with Crippen molar-refractivity contribution in [3.05, 3.63) is 0 Å². The minimum Gasteiger partial charge on any atom is -0.292 e. The Morgan fingerprint density at radius 2 is 0.471 bits per heavy atom. The summed E-state index contributed by atoms with van der Waals surface area (Å²) in [6.07, 6.45) is 0. The lowest BCUT2D eigenvalue weighted by Gasteiger charge is -2.71. The maximum absolute atomic E-state index is 2.69. The topological polar surface area (TPSA) is 0 Å². The van der Waals surface area contributed by atoms with Gasteiger partial charge in [-0.25, -0.2) is 0 Å². The van der Waals surface area contributed by atoms with Crippen LogP contribution in [0.2, 0.25) is 78.6 Å². The van der Waals surface area contributed by atoms with Gasteiger partial charge in [0.25, 0.3) is 0 Å². The Balaban J connectivity index is 6.37. The number of hydrogen-bond acceptors (Lipinski definition) is 0. The summed E-state index contributed by atoms with van der Waals surface area (Å²) in [6, 6.07) is 0. The van der Waals surface area contributed by atoms with Crippen molar-refractivity contribution in [3.63, 3.8) is 0 Å². The van der Waals surface area contributed by atoms with Crippen LogP contribution in [0.25, 0.3) is 0 Å². The summed E-state index contributed by atoms with van der Waals surface area (Å²) in [7, 11) is -4.60. The van der Waals surface area contributed by atoms with Crippen LogP contribution >= 0.6 is 7.83 Å². The predicted octanol–water partition coefficient (Wildman–Crippen LogP) is 6.13. The monoisotopic (exact) mass is 324 g/mol. The van der Waals surface area contributed by atoms with E-state index < -0.39 is 28.9 Å². The fourth-order valence-corrected chi connectivity index (χ4v) is 149. The number of rotatable bonds is 4. The van der Waals surface area contributed by atoms with E-state index in [9.17, 15) is 0 Å². The molecular formula is C12H36SSi4. The van der Waals surface area contributed by atoms with Gasteiger partial charge in [-0.05, 0) is 0 Å². The van der Waals surface area contributed by atoms with Gasteiger partial charge in [0.2, 0.25) is 0 Å². The molecule has 0 aromatic rings. The van der Waals surface area contributed by atoms with E-state index >= 15 is 0 Å². The molecule has 0 rings (SSSR count). The SMILES string of the molecule is C[Si](C)(C)S([Si](C)(C)C)([Si](C)(C)C)[Si](C)(C)C. The first kappa shape index (κ1) is 18.2. The molecule has 0 aromatic heterocycles. The van der Waals surface area contributed by atoms with Crippen molar-refractivity contribution >= 4 is 36.7 Å². The van der Waals surface area contributed by atoms with E-state index in [-0.39, 0.29) is 7.83 Å². The van der Waals surface area contributed by atoms with E-state index in [1.807, 2.05) is 0 Å². The first-order valence-corrected chi connectivity index (χ1v) is 25.3. The normalized spacial score (nSPS) is 17.2. The number of hydrogen-bond donors (Lipinski definition) is 0. The molecule has 0 aliphatic carbocycles. The lowest BCUT2D eigenvalue weighted by atomic mass is 11.8. The first-order chi connectivity index (χ1) is 7.00. The van der Waals surface area contributed by atoms with Crippen LogP contribution in [0.1, 0.15) is 0 Å². The summed E-state index contributed by atoms with van der Waals surface area (Å²) in [5, 5.41) is 0. The van der Waals surface area contributed by atoms with Crippen LogP contribution in [0.3, 0.4) is 0 Å². The fourth-order valence-electron chi connectivity index (χ4n) is 5.51. The molecule has 0 N–H and O–H groups in total. The van der Waals surface area contributed by atoms with E-state index in [0.29, 0.717) is 0 Å². The van der Waals surface area contributed by atoms with Gasteiger partial charge in [0.05, 0.1) is 28.9 Å². The zero-order valence-corrected chi connectivity index (χ0v) is 19.2. The average Bonchev–Trinajstić information content (AvgIpc) is 1.67. The molecule has 0 saturated heterocycles. The lowest BCUT2D eigenvalue weighted by molar-refractivity contribution is 1.79. The van der Waals surface area contributed by atoms with Crippen LogP contribution in [0.15, 0.2) is 0 Å². The van der Waals surface area contributed by atoms with Gasteiger partial charge in [-0.1, -0.05) is 78.6 Å². The predicted molar refractivity (Wildman–Crippen MR) is 101 cm³/mol. The highest BCUT2D eigenvalue weighted by molar-refractivity contribution is 9.03. The Hall–Kier alpha value is 1.22. The molecule has 0 aromatic carbocycles. The molecule has 0 nitrogen and oxygen atoms in total. The van der Waals surface area contributed by atoms with Crippen molar-refractivity contribution in [1.82, 2.24) is 0 Å². The van der Waals surface area contributed by atoms with E-state index in [1.54, 1.807) is 0 Å². The Morgan fingerprint density at radius 3 is 0.471 bits per heavy atom. The highest BCUT2D eigenvalue weighted by Crippen LogP contribution is 2.74. The highest BCUT2D eigenvalue weighted by Gasteiger charge is 2.60. The van der Waals surface area contributed by atoms with E-state index in [2.05, 4.69) is 78.6 Å². The van der Waals surface area contributed by atoms with Gasteiger partial charge >= 0.3 is 0 Å². The second-order valence-corrected chi connectivity index (χ2v) is 56.6. The second-order valence-electron chi connectivity index (χ2n) is 9.06. The quantitative estimate of drug-likeness (QED) is 0.546. The van der Waals surface area contributed by atoms with E-state index in [1.165, 1.54) is 0 Å². The smallest absolute Gasteiger partial charge is 0.0758 e. The third kappa shape index (κ3) is 2.88. The minimum atomic E-state index is -1.07. The van der Waals surface area contributed by atoms with Crippen LogP contribution in [-0.2, 0) is 0 Å². The molecule has 0 unspecified atom stereocenters. The molecule has 0 aliphatic heterocycles.